The Balaban J connectivity index is 2.42. The van der Waals surface area contributed by atoms with Crippen molar-refractivity contribution in [2.75, 3.05) is 25.9 Å². The van der Waals surface area contributed by atoms with E-state index in [1.165, 1.54) is 5.57 Å². The van der Waals surface area contributed by atoms with E-state index in [0.29, 0.717) is 0 Å². The predicted octanol–water partition coefficient (Wildman–Crippen LogP) is 2.67. The molecule has 1 saturated heterocycles. The van der Waals surface area contributed by atoms with Gasteiger partial charge in [0, 0.05) is 19.6 Å². The summed E-state index contributed by atoms with van der Waals surface area (Å²) in [6, 6.07) is 2.47. The Hall–Kier alpha value is -0.460. The number of thioether (sulfide) groups is 1. The summed E-state index contributed by atoms with van der Waals surface area (Å²) < 4.78 is -0.121. The summed E-state index contributed by atoms with van der Waals surface area (Å²) in [5, 5.41) is 9.15. The second kappa shape index (κ2) is 5.58. The molecule has 0 unspecified atom stereocenters. The molecule has 0 radical (unpaired) electrons. The molecular formula is C12H20N2S. The van der Waals surface area contributed by atoms with Crippen molar-refractivity contribution in [2.24, 2.45) is 0 Å². The molecule has 84 valence electrons. The van der Waals surface area contributed by atoms with E-state index in [1.807, 2.05) is 6.26 Å². The van der Waals surface area contributed by atoms with Gasteiger partial charge in [-0.25, -0.2) is 0 Å². The van der Waals surface area contributed by atoms with Gasteiger partial charge in [-0.1, -0.05) is 19.1 Å². The fourth-order valence-corrected chi connectivity index (χ4v) is 2.54. The molecule has 3 heteroatoms. The van der Waals surface area contributed by atoms with E-state index in [9.17, 15) is 0 Å². The van der Waals surface area contributed by atoms with Crippen molar-refractivity contribution in [3.05, 3.63) is 12.2 Å². The van der Waals surface area contributed by atoms with Crippen LogP contribution in [0.3, 0.4) is 0 Å². The van der Waals surface area contributed by atoms with E-state index >= 15 is 0 Å². The normalized spacial score (nSPS) is 20.9. The van der Waals surface area contributed by atoms with Gasteiger partial charge < -0.3 is 0 Å². The average molecular weight is 224 g/mol. The van der Waals surface area contributed by atoms with Crippen molar-refractivity contribution in [3.8, 4) is 6.07 Å². The SMILES string of the molecule is C=C(CC)CN1CCC(C#N)(SC)CC1. The summed E-state index contributed by atoms with van der Waals surface area (Å²) in [7, 11) is 0. The molecule has 1 fully saturated rings. The van der Waals surface area contributed by atoms with E-state index in [2.05, 4.69) is 24.5 Å². The molecule has 0 aliphatic carbocycles. The fraction of sp³-hybridized carbons (Fsp3) is 0.750. The third-order valence-corrected chi connectivity index (χ3v) is 4.49. The van der Waals surface area contributed by atoms with E-state index in [1.54, 1.807) is 11.8 Å². The smallest absolute Gasteiger partial charge is 0.104 e. The fourth-order valence-electron chi connectivity index (χ4n) is 1.86. The minimum absolute atomic E-state index is 0.121. The van der Waals surface area contributed by atoms with Crippen molar-refractivity contribution < 1.29 is 0 Å². The molecule has 1 rings (SSSR count). The molecule has 2 nitrogen and oxygen atoms in total. The Morgan fingerprint density at radius 1 is 1.53 bits per heavy atom. The van der Waals surface area contributed by atoms with Crippen molar-refractivity contribution in [2.45, 2.75) is 30.9 Å². The van der Waals surface area contributed by atoms with Crippen LogP contribution >= 0.6 is 11.8 Å². The summed E-state index contributed by atoms with van der Waals surface area (Å²) in [5.41, 5.74) is 1.30. The van der Waals surface area contributed by atoms with Gasteiger partial charge in [0.1, 0.15) is 4.75 Å². The quantitative estimate of drug-likeness (QED) is 0.687. The van der Waals surface area contributed by atoms with Crippen molar-refractivity contribution in [1.29, 1.82) is 5.26 Å². The second-order valence-electron chi connectivity index (χ2n) is 4.19. The predicted molar refractivity (Wildman–Crippen MR) is 67.0 cm³/mol. The molecule has 0 atom stereocenters. The lowest BCUT2D eigenvalue weighted by atomic mass is 9.97. The molecule has 0 N–H and O–H groups in total. The zero-order chi connectivity index (χ0) is 11.3. The molecule has 0 aromatic rings. The maximum atomic E-state index is 9.15. The highest BCUT2D eigenvalue weighted by atomic mass is 32.2. The summed E-state index contributed by atoms with van der Waals surface area (Å²) in [5.74, 6) is 0. The Morgan fingerprint density at radius 2 is 2.13 bits per heavy atom. The molecule has 15 heavy (non-hydrogen) atoms. The molecule has 0 bridgehead atoms. The first-order chi connectivity index (χ1) is 7.15. The lowest BCUT2D eigenvalue weighted by Crippen LogP contribution is -2.42. The number of likely N-dealkylation sites (tertiary alicyclic amines) is 1. The van der Waals surface area contributed by atoms with Crippen LogP contribution < -0.4 is 0 Å². The van der Waals surface area contributed by atoms with Crippen LogP contribution in [0.25, 0.3) is 0 Å². The first-order valence-corrected chi connectivity index (χ1v) is 6.73. The van der Waals surface area contributed by atoms with Crippen LogP contribution in [0.1, 0.15) is 26.2 Å². The van der Waals surface area contributed by atoms with Crippen molar-refractivity contribution >= 4 is 11.8 Å². The van der Waals surface area contributed by atoms with E-state index < -0.39 is 0 Å². The van der Waals surface area contributed by atoms with Crippen LogP contribution in [0.2, 0.25) is 0 Å². The van der Waals surface area contributed by atoms with Gasteiger partial charge in [-0.3, -0.25) is 4.90 Å². The highest BCUT2D eigenvalue weighted by Gasteiger charge is 2.33. The number of nitriles is 1. The van der Waals surface area contributed by atoms with Crippen molar-refractivity contribution in [1.82, 2.24) is 4.90 Å². The third kappa shape index (κ3) is 3.25. The lowest BCUT2D eigenvalue weighted by molar-refractivity contribution is 0.232. The Morgan fingerprint density at radius 3 is 2.53 bits per heavy atom. The van der Waals surface area contributed by atoms with E-state index in [-0.39, 0.29) is 4.75 Å². The van der Waals surface area contributed by atoms with Gasteiger partial charge in [-0.15, -0.1) is 11.8 Å². The zero-order valence-corrected chi connectivity index (χ0v) is 10.6. The maximum Gasteiger partial charge on any atom is 0.104 e. The molecule has 0 aromatic heterocycles. The summed E-state index contributed by atoms with van der Waals surface area (Å²) in [6.07, 6.45) is 5.08. The van der Waals surface area contributed by atoms with Gasteiger partial charge in [-0.2, -0.15) is 5.26 Å². The van der Waals surface area contributed by atoms with Crippen molar-refractivity contribution in [3.63, 3.8) is 0 Å². The van der Waals surface area contributed by atoms with Crippen LogP contribution in [0, 0.1) is 11.3 Å². The average Bonchev–Trinajstić information content (AvgIpc) is 2.30. The number of hydrogen-bond donors (Lipinski definition) is 0. The minimum Gasteiger partial charge on any atom is -0.299 e. The minimum atomic E-state index is -0.121. The van der Waals surface area contributed by atoms with Crippen LogP contribution in [0.15, 0.2) is 12.2 Å². The molecule has 0 aromatic carbocycles. The number of hydrogen-bond acceptors (Lipinski definition) is 3. The van der Waals surface area contributed by atoms with Gasteiger partial charge in [0.15, 0.2) is 0 Å². The van der Waals surface area contributed by atoms with Crippen LogP contribution in [-0.2, 0) is 0 Å². The largest absolute Gasteiger partial charge is 0.299 e. The van der Waals surface area contributed by atoms with Gasteiger partial charge in [0.25, 0.3) is 0 Å². The molecule has 0 amide bonds. The highest BCUT2D eigenvalue weighted by molar-refractivity contribution is 8.00. The van der Waals surface area contributed by atoms with E-state index in [4.69, 9.17) is 5.26 Å². The molecule has 0 spiro atoms. The molecule has 0 saturated carbocycles. The van der Waals surface area contributed by atoms with E-state index in [0.717, 1.165) is 38.9 Å². The number of piperidine rings is 1. The second-order valence-corrected chi connectivity index (χ2v) is 5.38. The number of nitrogens with zero attached hydrogens (tertiary/aromatic N) is 2. The third-order valence-electron chi connectivity index (χ3n) is 3.21. The Kier molecular flexibility index (Phi) is 4.69. The molecule has 1 heterocycles. The molecular weight excluding hydrogens is 204 g/mol. The van der Waals surface area contributed by atoms with Crippen LogP contribution in [-0.4, -0.2) is 35.5 Å². The van der Waals surface area contributed by atoms with Gasteiger partial charge in [-0.05, 0) is 25.5 Å². The Bertz CT molecular complexity index is 259. The van der Waals surface area contributed by atoms with Crippen LogP contribution in [0.4, 0.5) is 0 Å². The molecule has 1 aliphatic heterocycles. The Labute approximate surface area is 97.3 Å². The number of rotatable bonds is 4. The van der Waals surface area contributed by atoms with Gasteiger partial charge >= 0.3 is 0 Å². The lowest BCUT2D eigenvalue weighted by Gasteiger charge is -2.36. The standard InChI is InChI=1S/C12H20N2S/c1-4-11(2)9-14-7-5-12(10-13,15-3)6-8-14/h2,4-9H2,1,3H3. The zero-order valence-electron chi connectivity index (χ0n) is 9.75. The summed E-state index contributed by atoms with van der Waals surface area (Å²) in [6.45, 7) is 9.26. The maximum absolute atomic E-state index is 9.15. The van der Waals surface area contributed by atoms with Gasteiger partial charge in [0.05, 0.1) is 6.07 Å². The van der Waals surface area contributed by atoms with Gasteiger partial charge in [0.2, 0.25) is 0 Å². The summed E-state index contributed by atoms with van der Waals surface area (Å²) >= 11 is 1.71. The highest BCUT2D eigenvalue weighted by Crippen LogP contribution is 2.33. The molecule has 1 aliphatic rings. The summed E-state index contributed by atoms with van der Waals surface area (Å²) in [4.78, 5) is 2.41. The van der Waals surface area contributed by atoms with Crippen LogP contribution in [0.5, 0.6) is 0 Å². The monoisotopic (exact) mass is 224 g/mol. The topological polar surface area (TPSA) is 27.0 Å². The first-order valence-electron chi connectivity index (χ1n) is 5.51. The first kappa shape index (κ1) is 12.6.